The summed E-state index contributed by atoms with van der Waals surface area (Å²) in [5, 5.41) is 3.72. The minimum Gasteiger partial charge on any atom is -0.487 e. The van der Waals surface area contributed by atoms with Crippen molar-refractivity contribution in [2.75, 3.05) is 6.54 Å². The molecule has 1 atom stereocenters. The number of hydrogen-bond acceptors (Lipinski definition) is 2. The van der Waals surface area contributed by atoms with E-state index in [0.29, 0.717) is 12.0 Å². The maximum atomic E-state index is 6.31. The molecule has 1 aromatic rings. The summed E-state index contributed by atoms with van der Waals surface area (Å²) in [6.07, 6.45) is 3.21. The molecule has 0 aliphatic carbocycles. The Hall–Kier alpha value is -1.02. The zero-order valence-electron chi connectivity index (χ0n) is 12.7. The summed E-state index contributed by atoms with van der Waals surface area (Å²) in [6, 6.07) is 8.91. The van der Waals surface area contributed by atoms with Crippen LogP contribution in [0.2, 0.25) is 0 Å². The fraction of sp³-hybridized carbons (Fsp3) is 0.647. The maximum absolute atomic E-state index is 6.31. The molecule has 0 fully saturated rings. The molecule has 0 aromatic heterocycles. The van der Waals surface area contributed by atoms with Gasteiger partial charge in [0.2, 0.25) is 0 Å². The predicted molar refractivity (Wildman–Crippen MR) is 80.6 cm³/mol. The van der Waals surface area contributed by atoms with Crippen molar-refractivity contribution < 1.29 is 4.74 Å². The molecule has 106 valence electrons. The van der Waals surface area contributed by atoms with Crippen molar-refractivity contribution in [3.05, 3.63) is 29.8 Å². The third-order valence-electron chi connectivity index (χ3n) is 4.26. The van der Waals surface area contributed by atoms with Crippen LogP contribution in [-0.2, 0) is 0 Å². The molecule has 1 heterocycles. The molecule has 0 radical (unpaired) electrons. The van der Waals surface area contributed by atoms with Gasteiger partial charge in [0.1, 0.15) is 11.4 Å². The minimum absolute atomic E-state index is 0.00298. The van der Waals surface area contributed by atoms with Crippen LogP contribution in [0.1, 0.15) is 58.6 Å². The number of nitrogens with one attached hydrogen (secondary N) is 1. The van der Waals surface area contributed by atoms with Crippen molar-refractivity contribution in [1.82, 2.24) is 5.32 Å². The molecule has 1 unspecified atom stereocenters. The van der Waals surface area contributed by atoms with Gasteiger partial charge < -0.3 is 10.1 Å². The summed E-state index contributed by atoms with van der Waals surface area (Å²) in [5.41, 5.74) is 1.32. The van der Waals surface area contributed by atoms with Crippen LogP contribution in [0.4, 0.5) is 0 Å². The maximum Gasteiger partial charge on any atom is 0.124 e. The zero-order valence-corrected chi connectivity index (χ0v) is 12.7. The molecule has 0 amide bonds. The van der Waals surface area contributed by atoms with E-state index in [2.05, 4.69) is 57.3 Å². The number of fused-ring (bicyclic) bond motifs is 1. The highest BCUT2D eigenvalue weighted by molar-refractivity contribution is 5.38. The second-order valence-electron chi connectivity index (χ2n) is 6.09. The quantitative estimate of drug-likeness (QED) is 0.852. The van der Waals surface area contributed by atoms with E-state index in [1.807, 2.05) is 0 Å². The van der Waals surface area contributed by atoms with Crippen molar-refractivity contribution in [3.63, 3.8) is 0 Å². The van der Waals surface area contributed by atoms with Gasteiger partial charge in [-0.05, 0) is 31.4 Å². The Kier molecular flexibility index (Phi) is 4.51. The highest BCUT2D eigenvalue weighted by Gasteiger charge is 2.37. The summed E-state index contributed by atoms with van der Waals surface area (Å²) in [7, 11) is 0. The van der Waals surface area contributed by atoms with Crippen LogP contribution in [0.25, 0.3) is 0 Å². The van der Waals surface area contributed by atoms with Crippen molar-refractivity contribution >= 4 is 0 Å². The fourth-order valence-electron chi connectivity index (χ4n) is 2.86. The summed E-state index contributed by atoms with van der Waals surface area (Å²) in [5.74, 6) is 1.74. The molecule has 0 saturated heterocycles. The second kappa shape index (κ2) is 5.96. The van der Waals surface area contributed by atoms with Gasteiger partial charge in [0, 0.05) is 18.0 Å². The van der Waals surface area contributed by atoms with Gasteiger partial charge in [0.15, 0.2) is 0 Å². The fourth-order valence-corrected chi connectivity index (χ4v) is 2.86. The van der Waals surface area contributed by atoms with Gasteiger partial charge in [0.25, 0.3) is 0 Å². The van der Waals surface area contributed by atoms with E-state index >= 15 is 0 Å². The lowest BCUT2D eigenvalue weighted by atomic mass is 9.83. The van der Waals surface area contributed by atoms with Crippen LogP contribution in [0.15, 0.2) is 24.3 Å². The van der Waals surface area contributed by atoms with Crippen molar-refractivity contribution in [1.29, 1.82) is 0 Å². The van der Waals surface area contributed by atoms with Gasteiger partial charge in [-0.2, -0.15) is 0 Å². The SMILES string of the molecule is CCC1(CC)CC(NCC(C)C)c2ccccc2O1. The molecule has 0 bridgehead atoms. The van der Waals surface area contributed by atoms with Crippen molar-refractivity contribution in [3.8, 4) is 5.75 Å². The van der Waals surface area contributed by atoms with Gasteiger partial charge in [0.05, 0.1) is 0 Å². The Morgan fingerprint density at radius 3 is 2.58 bits per heavy atom. The number of para-hydroxylation sites is 1. The van der Waals surface area contributed by atoms with Crippen LogP contribution >= 0.6 is 0 Å². The van der Waals surface area contributed by atoms with Gasteiger partial charge in [-0.25, -0.2) is 0 Å². The molecule has 19 heavy (non-hydrogen) atoms. The lowest BCUT2D eigenvalue weighted by molar-refractivity contribution is 0.0224. The van der Waals surface area contributed by atoms with Crippen LogP contribution in [-0.4, -0.2) is 12.1 Å². The highest BCUT2D eigenvalue weighted by Crippen LogP contribution is 2.42. The first-order chi connectivity index (χ1) is 9.10. The third-order valence-corrected chi connectivity index (χ3v) is 4.26. The lowest BCUT2D eigenvalue weighted by Gasteiger charge is -2.42. The molecule has 0 spiro atoms. The largest absolute Gasteiger partial charge is 0.487 e. The predicted octanol–water partition coefficient (Wildman–Crippen LogP) is 4.31. The van der Waals surface area contributed by atoms with Gasteiger partial charge in [-0.1, -0.05) is 45.9 Å². The van der Waals surface area contributed by atoms with Gasteiger partial charge in [-0.3, -0.25) is 0 Å². The standard InChI is InChI=1S/C17H27NO/c1-5-17(6-2)11-15(18-12-13(3)4)14-9-7-8-10-16(14)19-17/h7-10,13,15,18H,5-6,11-12H2,1-4H3. The zero-order chi connectivity index (χ0) is 13.9. The Labute approximate surface area is 117 Å². The van der Waals surface area contributed by atoms with Crippen LogP contribution in [0.5, 0.6) is 5.75 Å². The van der Waals surface area contributed by atoms with E-state index in [1.54, 1.807) is 0 Å². The molecule has 2 nitrogen and oxygen atoms in total. The third kappa shape index (κ3) is 3.11. The average Bonchev–Trinajstić information content (AvgIpc) is 2.44. The molecule has 2 heteroatoms. The number of rotatable bonds is 5. The molecular weight excluding hydrogens is 234 g/mol. The molecule has 2 rings (SSSR count). The smallest absolute Gasteiger partial charge is 0.124 e. The van der Waals surface area contributed by atoms with E-state index in [9.17, 15) is 0 Å². The van der Waals surface area contributed by atoms with Crippen LogP contribution in [0.3, 0.4) is 0 Å². The Bertz CT molecular complexity index is 409. The van der Waals surface area contributed by atoms with E-state index in [4.69, 9.17) is 4.74 Å². The summed E-state index contributed by atoms with van der Waals surface area (Å²) >= 11 is 0. The van der Waals surface area contributed by atoms with Gasteiger partial charge >= 0.3 is 0 Å². The van der Waals surface area contributed by atoms with E-state index < -0.39 is 0 Å². The van der Waals surface area contributed by atoms with Crippen LogP contribution in [0, 0.1) is 5.92 Å². The molecule has 1 aromatic carbocycles. The van der Waals surface area contributed by atoms with Crippen LogP contribution < -0.4 is 10.1 Å². The first kappa shape index (κ1) is 14.4. The molecular formula is C17H27NO. The second-order valence-corrected chi connectivity index (χ2v) is 6.09. The monoisotopic (exact) mass is 261 g/mol. The Morgan fingerprint density at radius 2 is 1.95 bits per heavy atom. The molecule has 1 aliphatic heterocycles. The summed E-state index contributed by atoms with van der Waals surface area (Å²) < 4.78 is 6.31. The van der Waals surface area contributed by atoms with Crippen molar-refractivity contribution in [2.45, 2.75) is 58.6 Å². The molecule has 1 aliphatic rings. The van der Waals surface area contributed by atoms with E-state index in [-0.39, 0.29) is 5.60 Å². The number of ether oxygens (including phenoxy) is 1. The lowest BCUT2D eigenvalue weighted by Crippen LogP contribution is -2.43. The highest BCUT2D eigenvalue weighted by atomic mass is 16.5. The first-order valence-electron chi connectivity index (χ1n) is 7.61. The minimum atomic E-state index is 0.00298. The van der Waals surface area contributed by atoms with Gasteiger partial charge in [-0.15, -0.1) is 0 Å². The topological polar surface area (TPSA) is 21.3 Å². The van der Waals surface area contributed by atoms with Crippen molar-refractivity contribution in [2.24, 2.45) is 5.92 Å². The normalized spacial score (nSPS) is 21.0. The number of hydrogen-bond donors (Lipinski definition) is 1. The first-order valence-corrected chi connectivity index (χ1v) is 7.61. The Balaban J connectivity index is 2.25. The summed E-state index contributed by atoms with van der Waals surface area (Å²) in [6.45, 7) is 10.0. The molecule has 0 saturated carbocycles. The average molecular weight is 261 g/mol. The summed E-state index contributed by atoms with van der Waals surface area (Å²) in [4.78, 5) is 0. The molecule has 1 N–H and O–H groups in total. The number of benzene rings is 1. The van der Waals surface area contributed by atoms with E-state index in [0.717, 1.165) is 31.6 Å². The van der Waals surface area contributed by atoms with E-state index in [1.165, 1.54) is 5.56 Å². The Morgan fingerprint density at radius 1 is 1.26 bits per heavy atom.